The fraction of sp³-hybridized carbons (Fsp3) is 0.632. The molecule has 3 rings (SSSR count). The second-order valence-corrected chi connectivity index (χ2v) is 7.09. The lowest BCUT2D eigenvalue weighted by molar-refractivity contribution is 0.273. The molecule has 0 spiro atoms. The van der Waals surface area contributed by atoms with Crippen molar-refractivity contribution >= 4 is 11.4 Å². The molecule has 2 atom stereocenters. The molecule has 1 aromatic carbocycles. The molecule has 1 heterocycles. The van der Waals surface area contributed by atoms with E-state index >= 15 is 0 Å². The SMILES string of the molecule is CC(C)CC1CCC[C@H](C2=Nc3ccccc3CC2)C1. The van der Waals surface area contributed by atoms with Crippen LogP contribution >= 0.6 is 0 Å². The van der Waals surface area contributed by atoms with Gasteiger partial charge in [-0.2, -0.15) is 0 Å². The molecule has 1 aliphatic carbocycles. The summed E-state index contributed by atoms with van der Waals surface area (Å²) in [5.74, 6) is 2.54. The van der Waals surface area contributed by atoms with Gasteiger partial charge in [-0.15, -0.1) is 0 Å². The first-order valence-electron chi connectivity index (χ1n) is 8.37. The molecule has 1 nitrogen and oxygen atoms in total. The van der Waals surface area contributed by atoms with Crippen molar-refractivity contribution in [2.75, 3.05) is 0 Å². The lowest BCUT2D eigenvalue weighted by Crippen LogP contribution is -2.25. The highest BCUT2D eigenvalue weighted by molar-refractivity contribution is 5.91. The molecule has 1 saturated carbocycles. The van der Waals surface area contributed by atoms with Gasteiger partial charge >= 0.3 is 0 Å². The maximum atomic E-state index is 5.00. The van der Waals surface area contributed by atoms with Crippen LogP contribution in [0, 0.1) is 17.8 Å². The van der Waals surface area contributed by atoms with E-state index in [4.69, 9.17) is 4.99 Å². The van der Waals surface area contributed by atoms with Gasteiger partial charge in [0.1, 0.15) is 0 Å². The number of nitrogens with zero attached hydrogens (tertiary/aromatic N) is 1. The maximum Gasteiger partial charge on any atom is 0.0661 e. The highest BCUT2D eigenvalue weighted by atomic mass is 14.8. The quantitative estimate of drug-likeness (QED) is 0.681. The van der Waals surface area contributed by atoms with E-state index in [-0.39, 0.29) is 0 Å². The van der Waals surface area contributed by atoms with Crippen LogP contribution in [0.15, 0.2) is 29.3 Å². The molecule has 0 aromatic heterocycles. The molecule has 0 amide bonds. The van der Waals surface area contributed by atoms with Gasteiger partial charge in [0.05, 0.1) is 5.69 Å². The predicted molar refractivity (Wildman–Crippen MR) is 86.8 cm³/mol. The van der Waals surface area contributed by atoms with Crippen LogP contribution in [0.2, 0.25) is 0 Å². The Morgan fingerprint density at radius 3 is 2.85 bits per heavy atom. The van der Waals surface area contributed by atoms with Gasteiger partial charge in [0, 0.05) is 5.71 Å². The van der Waals surface area contributed by atoms with Crippen molar-refractivity contribution in [1.82, 2.24) is 0 Å². The highest BCUT2D eigenvalue weighted by Gasteiger charge is 2.27. The fourth-order valence-corrected chi connectivity index (χ4v) is 4.07. The van der Waals surface area contributed by atoms with E-state index in [0.29, 0.717) is 0 Å². The Balaban J connectivity index is 1.72. The molecule has 0 N–H and O–H groups in total. The van der Waals surface area contributed by atoms with Gasteiger partial charge in [-0.3, -0.25) is 4.99 Å². The Bertz CT molecular complexity index is 486. The summed E-state index contributed by atoms with van der Waals surface area (Å²) >= 11 is 0. The summed E-state index contributed by atoms with van der Waals surface area (Å²) in [6.07, 6.45) is 9.40. The number of fused-ring (bicyclic) bond motifs is 1. The van der Waals surface area contributed by atoms with Crippen molar-refractivity contribution < 1.29 is 0 Å². The molecule has 1 heteroatoms. The average molecular weight is 269 g/mol. The summed E-state index contributed by atoms with van der Waals surface area (Å²) in [5.41, 5.74) is 4.17. The average Bonchev–Trinajstić information content (AvgIpc) is 2.46. The van der Waals surface area contributed by atoms with Crippen molar-refractivity contribution in [3.8, 4) is 0 Å². The van der Waals surface area contributed by atoms with Gasteiger partial charge in [-0.25, -0.2) is 0 Å². The summed E-state index contributed by atoms with van der Waals surface area (Å²) in [4.78, 5) is 5.00. The molecule has 0 saturated heterocycles. The van der Waals surface area contributed by atoms with Crippen molar-refractivity contribution in [2.24, 2.45) is 22.7 Å². The van der Waals surface area contributed by atoms with Gasteiger partial charge in [-0.05, 0) is 61.5 Å². The van der Waals surface area contributed by atoms with Crippen LogP contribution in [0.5, 0.6) is 0 Å². The lowest BCUT2D eigenvalue weighted by Gasteiger charge is -2.32. The smallest absolute Gasteiger partial charge is 0.0661 e. The van der Waals surface area contributed by atoms with Crippen LogP contribution in [0.3, 0.4) is 0 Å². The Kier molecular flexibility index (Phi) is 4.24. The van der Waals surface area contributed by atoms with Crippen molar-refractivity contribution in [1.29, 1.82) is 0 Å². The van der Waals surface area contributed by atoms with E-state index in [1.807, 2.05) is 0 Å². The maximum absolute atomic E-state index is 5.00. The monoisotopic (exact) mass is 269 g/mol. The number of rotatable bonds is 3. The standard InChI is InChI=1S/C19H27N/c1-14(2)12-15-6-5-8-17(13-15)19-11-10-16-7-3-4-9-18(16)20-19/h3-4,7,9,14-15,17H,5-6,8,10-13H2,1-2H3/t15?,17-/m0/s1. The fourth-order valence-electron chi connectivity index (χ4n) is 4.07. The highest BCUT2D eigenvalue weighted by Crippen LogP contribution is 2.37. The van der Waals surface area contributed by atoms with E-state index in [0.717, 1.165) is 17.8 Å². The van der Waals surface area contributed by atoms with Crippen LogP contribution < -0.4 is 0 Å². The van der Waals surface area contributed by atoms with Crippen LogP contribution in [0.1, 0.15) is 57.9 Å². The number of benzene rings is 1. The zero-order valence-corrected chi connectivity index (χ0v) is 12.9. The Hall–Kier alpha value is -1.11. The zero-order valence-electron chi connectivity index (χ0n) is 12.9. The molecule has 1 aromatic rings. The van der Waals surface area contributed by atoms with Crippen LogP contribution in [0.4, 0.5) is 5.69 Å². The molecule has 0 radical (unpaired) electrons. The van der Waals surface area contributed by atoms with Crippen molar-refractivity contribution in [3.05, 3.63) is 29.8 Å². The molecule has 1 unspecified atom stereocenters. The lowest BCUT2D eigenvalue weighted by atomic mass is 9.75. The summed E-state index contributed by atoms with van der Waals surface area (Å²) in [6, 6.07) is 8.67. The first kappa shape index (κ1) is 13.9. The minimum absolute atomic E-state index is 0.765. The van der Waals surface area contributed by atoms with Crippen molar-refractivity contribution in [3.63, 3.8) is 0 Å². The van der Waals surface area contributed by atoms with Crippen LogP contribution in [-0.2, 0) is 6.42 Å². The summed E-state index contributed by atoms with van der Waals surface area (Å²) in [6.45, 7) is 4.72. The minimum Gasteiger partial charge on any atom is -0.257 e. The summed E-state index contributed by atoms with van der Waals surface area (Å²) in [5, 5.41) is 0. The topological polar surface area (TPSA) is 12.4 Å². The second-order valence-electron chi connectivity index (χ2n) is 7.09. The largest absolute Gasteiger partial charge is 0.257 e. The number of hydrogen-bond acceptors (Lipinski definition) is 1. The third-order valence-corrected chi connectivity index (χ3v) is 4.96. The number of aryl methyl sites for hydroxylation is 1. The molecule has 108 valence electrons. The van der Waals surface area contributed by atoms with Gasteiger partial charge in [0.2, 0.25) is 0 Å². The van der Waals surface area contributed by atoms with Gasteiger partial charge in [-0.1, -0.05) is 44.9 Å². The zero-order chi connectivity index (χ0) is 13.9. The van der Waals surface area contributed by atoms with Gasteiger partial charge < -0.3 is 0 Å². The van der Waals surface area contributed by atoms with E-state index in [9.17, 15) is 0 Å². The predicted octanol–water partition coefficient (Wildman–Crippen LogP) is 5.56. The van der Waals surface area contributed by atoms with E-state index in [1.165, 1.54) is 61.9 Å². The Morgan fingerprint density at radius 1 is 1.15 bits per heavy atom. The molecule has 1 aliphatic heterocycles. The van der Waals surface area contributed by atoms with Gasteiger partial charge in [0.25, 0.3) is 0 Å². The second kappa shape index (κ2) is 6.11. The molecule has 0 bridgehead atoms. The molecular weight excluding hydrogens is 242 g/mol. The minimum atomic E-state index is 0.765. The number of hydrogen-bond donors (Lipinski definition) is 0. The first-order chi connectivity index (χ1) is 9.72. The Labute approximate surface area is 123 Å². The number of aliphatic imine (C=N–C) groups is 1. The third kappa shape index (κ3) is 3.13. The molecule has 2 aliphatic rings. The van der Waals surface area contributed by atoms with Gasteiger partial charge in [0.15, 0.2) is 0 Å². The molecule has 20 heavy (non-hydrogen) atoms. The van der Waals surface area contributed by atoms with Crippen molar-refractivity contribution in [2.45, 2.75) is 58.8 Å². The molecule has 1 fully saturated rings. The summed E-state index contributed by atoms with van der Waals surface area (Å²) in [7, 11) is 0. The normalized spacial score (nSPS) is 26.2. The third-order valence-electron chi connectivity index (χ3n) is 4.96. The summed E-state index contributed by atoms with van der Waals surface area (Å²) < 4.78 is 0. The first-order valence-corrected chi connectivity index (χ1v) is 8.37. The molecular formula is C19H27N. The van der Waals surface area contributed by atoms with E-state index in [2.05, 4.69) is 38.1 Å². The van der Waals surface area contributed by atoms with Crippen LogP contribution in [0.25, 0.3) is 0 Å². The van der Waals surface area contributed by atoms with E-state index in [1.54, 1.807) is 0 Å². The van der Waals surface area contributed by atoms with E-state index < -0.39 is 0 Å². The number of para-hydroxylation sites is 1. The Morgan fingerprint density at radius 2 is 2.00 bits per heavy atom. The van der Waals surface area contributed by atoms with Crippen LogP contribution in [-0.4, -0.2) is 5.71 Å².